The van der Waals surface area contributed by atoms with E-state index in [0.717, 1.165) is 11.4 Å². The molecule has 154 valence electrons. The minimum atomic E-state index is -1.09. The fourth-order valence-electron chi connectivity index (χ4n) is 3.04. The fourth-order valence-corrected chi connectivity index (χ4v) is 3.23. The maximum Gasteiger partial charge on any atom is 0.339 e. The van der Waals surface area contributed by atoms with Crippen molar-refractivity contribution in [2.75, 3.05) is 19.1 Å². The van der Waals surface area contributed by atoms with Crippen LogP contribution >= 0.6 is 11.6 Å². The molecule has 5 nitrogen and oxygen atoms in total. The minimum Gasteiger partial charge on any atom is -0.503 e. The normalized spacial score (nSPS) is 11.1. The van der Waals surface area contributed by atoms with Crippen LogP contribution in [-0.2, 0) is 16.1 Å². The summed E-state index contributed by atoms with van der Waals surface area (Å²) in [6.07, 6.45) is 1.20. The summed E-state index contributed by atoms with van der Waals surface area (Å²) in [5.41, 5.74) is 3.20. The number of para-hydroxylation sites is 1. The summed E-state index contributed by atoms with van der Waals surface area (Å²) in [6.45, 7) is 0.155. The second-order valence-corrected chi connectivity index (χ2v) is 6.99. The largest absolute Gasteiger partial charge is 0.503 e. The van der Waals surface area contributed by atoms with Gasteiger partial charge < -0.3 is 19.5 Å². The van der Waals surface area contributed by atoms with Crippen LogP contribution in [0.25, 0.3) is 5.57 Å². The highest BCUT2D eigenvalue weighted by atomic mass is 35.5. The third-order valence-electron chi connectivity index (χ3n) is 4.57. The standard InChI is InChI=1S/C24H22ClNO4/c1-26(19-7-4-3-5-8-19)20-9-6-10-21(14-20)30-15-17-13-18(25)11-12-22(17)23(16-29-2)24(27)28/h3-14,16H,15H2,1-2H3,(H,27,28)/b23-16-. The van der Waals surface area contributed by atoms with Gasteiger partial charge in [-0.2, -0.15) is 0 Å². The van der Waals surface area contributed by atoms with Gasteiger partial charge in [0.25, 0.3) is 0 Å². The molecule has 6 heteroatoms. The Kier molecular flexibility index (Phi) is 6.99. The van der Waals surface area contributed by atoms with E-state index in [1.54, 1.807) is 18.2 Å². The van der Waals surface area contributed by atoms with Crippen LogP contribution < -0.4 is 9.64 Å². The maximum absolute atomic E-state index is 11.6. The van der Waals surface area contributed by atoms with E-state index in [1.165, 1.54) is 13.4 Å². The van der Waals surface area contributed by atoms with Crippen molar-refractivity contribution in [3.63, 3.8) is 0 Å². The van der Waals surface area contributed by atoms with Gasteiger partial charge in [-0.1, -0.05) is 41.9 Å². The van der Waals surface area contributed by atoms with E-state index in [-0.39, 0.29) is 12.2 Å². The first kappa shape index (κ1) is 21.3. The molecule has 3 aromatic rings. The minimum absolute atomic E-state index is 0.0327. The van der Waals surface area contributed by atoms with Crippen LogP contribution in [0.1, 0.15) is 11.1 Å². The van der Waals surface area contributed by atoms with E-state index >= 15 is 0 Å². The summed E-state index contributed by atoms with van der Waals surface area (Å²) in [6, 6.07) is 22.7. The van der Waals surface area contributed by atoms with Crippen molar-refractivity contribution in [2.45, 2.75) is 6.61 Å². The number of carbonyl (C=O) groups is 1. The van der Waals surface area contributed by atoms with Gasteiger partial charge in [0.15, 0.2) is 0 Å². The monoisotopic (exact) mass is 423 g/mol. The molecular formula is C24H22ClNO4. The van der Waals surface area contributed by atoms with Gasteiger partial charge in [-0.25, -0.2) is 4.79 Å². The van der Waals surface area contributed by atoms with E-state index in [2.05, 4.69) is 4.90 Å². The quantitative estimate of drug-likeness (QED) is 0.368. The van der Waals surface area contributed by atoms with Crippen LogP contribution in [0.5, 0.6) is 5.75 Å². The SMILES string of the molecule is CO/C=C(\C(=O)O)c1ccc(Cl)cc1COc1cccc(N(C)c2ccccc2)c1. The smallest absolute Gasteiger partial charge is 0.339 e. The highest BCUT2D eigenvalue weighted by molar-refractivity contribution is 6.30. The first-order valence-electron chi connectivity index (χ1n) is 9.26. The average Bonchev–Trinajstić information content (AvgIpc) is 2.76. The van der Waals surface area contributed by atoms with Crippen LogP contribution in [-0.4, -0.2) is 25.2 Å². The lowest BCUT2D eigenvalue weighted by atomic mass is 10.0. The number of anilines is 2. The molecule has 0 saturated heterocycles. The van der Waals surface area contributed by atoms with Crippen LogP contribution in [0, 0.1) is 0 Å². The van der Waals surface area contributed by atoms with Gasteiger partial charge in [0.2, 0.25) is 0 Å². The molecule has 0 heterocycles. The number of aliphatic carboxylic acids is 1. The second kappa shape index (κ2) is 9.85. The molecular weight excluding hydrogens is 402 g/mol. The van der Waals surface area contributed by atoms with Crippen molar-refractivity contribution in [3.05, 3.63) is 95.2 Å². The van der Waals surface area contributed by atoms with E-state index in [9.17, 15) is 9.90 Å². The zero-order chi connectivity index (χ0) is 21.5. The number of methoxy groups -OCH3 is 1. The highest BCUT2D eigenvalue weighted by Crippen LogP contribution is 2.29. The van der Waals surface area contributed by atoms with Gasteiger partial charge in [-0.3, -0.25) is 0 Å². The summed E-state index contributed by atoms with van der Waals surface area (Å²) in [7, 11) is 3.39. The van der Waals surface area contributed by atoms with E-state index in [0.29, 0.717) is 21.9 Å². The number of hydrogen-bond donors (Lipinski definition) is 1. The molecule has 0 radical (unpaired) electrons. The molecule has 0 unspecified atom stereocenters. The number of hydrogen-bond acceptors (Lipinski definition) is 4. The zero-order valence-electron chi connectivity index (χ0n) is 16.7. The predicted octanol–water partition coefficient (Wildman–Crippen LogP) is 5.76. The first-order valence-corrected chi connectivity index (χ1v) is 9.64. The van der Waals surface area contributed by atoms with Gasteiger partial charge in [0.05, 0.1) is 13.4 Å². The summed E-state index contributed by atoms with van der Waals surface area (Å²) >= 11 is 6.13. The summed E-state index contributed by atoms with van der Waals surface area (Å²) < 4.78 is 10.9. The average molecular weight is 424 g/mol. The molecule has 0 spiro atoms. The van der Waals surface area contributed by atoms with Gasteiger partial charge in [0.1, 0.15) is 17.9 Å². The molecule has 0 aliphatic rings. The second-order valence-electron chi connectivity index (χ2n) is 6.55. The summed E-state index contributed by atoms with van der Waals surface area (Å²) in [5, 5.41) is 10.0. The lowest BCUT2D eigenvalue weighted by Crippen LogP contribution is -2.09. The number of nitrogens with zero attached hydrogens (tertiary/aromatic N) is 1. The van der Waals surface area contributed by atoms with Crippen molar-refractivity contribution in [2.24, 2.45) is 0 Å². The lowest BCUT2D eigenvalue weighted by molar-refractivity contribution is -0.130. The van der Waals surface area contributed by atoms with Crippen LogP contribution in [0.2, 0.25) is 5.02 Å². The van der Waals surface area contributed by atoms with Crippen molar-refractivity contribution in [3.8, 4) is 5.75 Å². The molecule has 3 aromatic carbocycles. The van der Waals surface area contributed by atoms with Crippen molar-refractivity contribution in [1.82, 2.24) is 0 Å². The molecule has 0 saturated carbocycles. The molecule has 0 amide bonds. The summed E-state index contributed by atoms with van der Waals surface area (Å²) in [4.78, 5) is 13.7. The highest BCUT2D eigenvalue weighted by Gasteiger charge is 2.16. The third kappa shape index (κ3) is 5.13. The molecule has 0 aliphatic heterocycles. The maximum atomic E-state index is 11.6. The Morgan fingerprint density at radius 1 is 1.03 bits per heavy atom. The van der Waals surface area contributed by atoms with Crippen LogP contribution in [0.15, 0.2) is 79.1 Å². The molecule has 0 aliphatic carbocycles. The number of halogens is 1. The molecule has 30 heavy (non-hydrogen) atoms. The topological polar surface area (TPSA) is 59.0 Å². The molecule has 0 fully saturated rings. The Labute approximate surface area is 180 Å². The van der Waals surface area contributed by atoms with E-state index in [4.69, 9.17) is 21.1 Å². The Morgan fingerprint density at radius 2 is 1.77 bits per heavy atom. The zero-order valence-corrected chi connectivity index (χ0v) is 17.5. The van der Waals surface area contributed by atoms with E-state index in [1.807, 2.05) is 61.6 Å². The fraction of sp³-hybridized carbons (Fsp3) is 0.125. The summed E-state index contributed by atoms with van der Waals surface area (Å²) in [5.74, 6) is -0.430. The lowest BCUT2D eigenvalue weighted by Gasteiger charge is -2.20. The number of rotatable bonds is 8. The predicted molar refractivity (Wildman–Crippen MR) is 119 cm³/mol. The van der Waals surface area contributed by atoms with Crippen molar-refractivity contribution in [1.29, 1.82) is 0 Å². The molecule has 0 bridgehead atoms. The number of carboxylic acids is 1. The third-order valence-corrected chi connectivity index (χ3v) is 4.80. The van der Waals surface area contributed by atoms with Crippen LogP contribution in [0.3, 0.4) is 0 Å². The Morgan fingerprint density at radius 3 is 2.47 bits per heavy atom. The molecule has 3 rings (SSSR count). The van der Waals surface area contributed by atoms with Gasteiger partial charge in [-0.05, 0) is 47.5 Å². The Hall–Kier alpha value is -3.44. The Bertz CT molecular complexity index is 1050. The molecule has 0 aromatic heterocycles. The van der Waals surface area contributed by atoms with Crippen molar-refractivity contribution < 1.29 is 19.4 Å². The number of ether oxygens (including phenoxy) is 2. The molecule has 1 N–H and O–H groups in total. The van der Waals surface area contributed by atoms with Gasteiger partial charge >= 0.3 is 5.97 Å². The first-order chi connectivity index (χ1) is 14.5. The van der Waals surface area contributed by atoms with E-state index < -0.39 is 5.97 Å². The number of benzene rings is 3. The molecule has 0 atom stereocenters. The van der Waals surface area contributed by atoms with Crippen LogP contribution in [0.4, 0.5) is 11.4 Å². The Balaban J connectivity index is 1.83. The van der Waals surface area contributed by atoms with Gasteiger partial charge in [-0.15, -0.1) is 0 Å². The van der Waals surface area contributed by atoms with Crippen molar-refractivity contribution >= 4 is 34.5 Å². The van der Waals surface area contributed by atoms with Gasteiger partial charge in [0, 0.05) is 29.5 Å². The number of carboxylic acid groups (broad SMARTS) is 1.